The summed E-state index contributed by atoms with van der Waals surface area (Å²) in [6.07, 6.45) is 0. The Morgan fingerprint density at radius 3 is 2.28 bits per heavy atom. The highest BCUT2D eigenvalue weighted by Crippen LogP contribution is 2.14. The Kier molecular flexibility index (Phi) is 7.25. The van der Waals surface area contributed by atoms with Gasteiger partial charge in [-0.05, 0) is 35.9 Å². The molecule has 0 aliphatic heterocycles. The first-order chi connectivity index (χ1) is 11.9. The number of nitrogens with one attached hydrogen (secondary N) is 3. The van der Waals surface area contributed by atoms with E-state index in [0.29, 0.717) is 22.3 Å². The molecule has 2 aromatic carbocycles. The zero-order valence-corrected chi connectivity index (χ0v) is 15.3. The van der Waals surface area contributed by atoms with Gasteiger partial charge in [-0.2, -0.15) is 0 Å². The van der Waals surface area contributed by atoms with E-state index in [-0.39, 0.29) is 24.9 Å². The summed E-state index contributed by atoms with van der Waals surface area (Å²) in [5.74, 6) is -0.310. The third kappa shape index (κ3) is 6.74. The van der Waals surface area contributed by atoms with Crippen LogP contribution in [0, 0.1) is 0 Å². The lowest BCUT2D eigenvalue weighted by Gasteiger charge is -2.14. The van der Waals surface area contributed by atoms with Gasteiger partial charge in [0.1, 0.15) is 0 Å². The molecule has 0 saturated carbocycles. The minimum atomic E-state index is -0.168. The van der Waals surface area contributed by atoms with E-state index in [1.807, 2.05) is 18.2 Å². The number of rotatable bonds is 7. The van der Waals surface area contributed by atoms with Crippen LogP contribution in [0.2, 0.25) is 10.0 Å². The van der Waals surface area contributed by atoms with Gasteiger partial charge in [-0.25, -0.2) is 0 Å². The SMILES string of the molecule is C[NH+](CC(=O)NCc1ccccc1Cl)CC(=O)Nc1ccc(Cl)cc1. The summed E-state index contributed by atoms with van der Waals surface area (Å²) < 4.78 is 0. The highest BCUT2D eigenvalue weighted by atomic mass is 35.5. The molecule has 2 amide bonds. The first-order valence-corrected chi connectivity index (χ1v) is 8.56. The van der Waals surface area contributed by atoms with Gasteiger partial charge in [-0.15, -0.1) is 0 Å². The van der Waals surface area contributed by atoms with E-state index < -0.39 is 0 Å². The Labute approximate surface area is 156 Å². The molecule has 0 fully saturated rings. The number of halogens is 2. The van der Waals surface area contributed by atoms with E-state index in [9.17, 15) is 9.59 Å². The molecule has 0 spiro atoms. The van der Waals surface area contributed by atoms with E-state index >= 15 is 0 Å². The molecule has 0 aromatic heterocycles. The summed E-state index contributed by atoms with van der Waals surface area (Å²) in [6, 6.07) is 14.2. The number of hydrogen-bond donors (Lipinski definition) is 3. The van der Waals surface area contributed by atoms with E-state index in [4.69, 9.17) is 23.2 Å². The summed E-state index contributed by atoms with van der Waals surface area (Å²) >= 11 is 11.9. The molecule has 2 aromatic rings. The maximum atomic E-state index is 12.0. The van der Waals surface area contributed by atoms with Crippen LogP contribution < -0.4 is 15.5 Å². The minimum absolute atomic E-state index is 0.142. The van der Waals surface area contributed by atoms with Crippen molar-refractivity contribution in [2.24, 2.45) is 0 Å². The lowest BCUT2D eigenvalue weighted by Crippen LogP contribution is -3.11. The third-order valence-electron chi connectivity index (χ3n) is 3.49. The van der Waals surface area contributed by atoms with E-state index in [0.717, 1.165) is 10.5 Å². The fraction of sp³-hybridized carbons (Fsp3) is 0.222. The highest BCUT2D eigenvalue weighted by molar-refractivity contribution is 6.31. The molecule has 132 valence electrons. The van der Waals surface area contributed by atoms with Crippen molar-refractivity contribution < 1.29 is 14.5 Å². The number of anilines is 1. The standard InChI is InChI=1S/C18H19Cl2N3O2/c1-23(12-18(25)22-15-8-6-14(19)7-9-15)11-17(24)21-10-13-4-2-3-5-16(13)20/h2-9H,10-12H2,1H3,(H,21,24)(H,22,25)/p+1. The number of carbonyl (C=O) groups excluding carboxylic acids is 2. The van der Waals surface area contributed by atoms with Crippen LogP contribution in [-0.2, 0) is 16.1 Å². The molecule has 0 aliphatic rings. The predicted octanol–water partition coefficient (Wildman–Crippen LogP) is 1.76. The molecule has 5 nitrogen and oxygen atoms in total. The van der Waals surface area contributed by atoms with Gasteiger partial charge in [0.05, 0.1) is 7.05 Å². The second kappa shape index (κ2) is 9.42. The molecule has 25 heavy (non-hydrogen) atoms. The smallest absolute Gasteiger partial charge is 0.279 e. The molecule has 0 bridgehead atoms. The predicted molar refractivity (Wildman–Crippen MR) is 100 cm³/mol. The van der Waals surface area contributed by atoms with Gasteiger partial charge < -0.3 is 15.5 Å². The maximum Gasteiger partial charge on any atom is 0.279 e. The normalized spacial score (nSPS) is 11.6. The van der Waals surface area contributed by atoms with Gasteiger partial charge >= 0.3 is 0 Å². The first-order valence-electron chi connectivity index (χ1n) is 7.81. The molecule has 0 heterocycles. The van der Waals surface area contributed by atoms with Crippen LogP contribution in [-0.4, -0.2) is 32.0 Å². The Balaban J connectivity index is 1.74. The Morgan fingerprint density at radius 1 is 0.960 bits per heavy atom. The molecule has 3 N–H and O–H groups in total. The topological polar surface area (TPSA) is 62.6 Å². The quantitative estimate of drug-likeness (QED) is 0.685. The van der Waals surface area contributed by atoms with Gasteiger partial charge in [-0.3, -0.25) is 9.59 Å². The number of carbonyl (C=O) groups is 2. The van der Waals surface area contributed by atoms with Gasteiger partial charge in [0.25, 0.3) is 11.8 Å². The number of hydrogen-bond acceptors (Lipinski definition) is 2. The lowest BCUT2D eigenvalue weighted by molar-refractivity contribution is -0.862. The zero-order chi connectivity index (χ0) is 18.2. The van der Waals surface area contributed by atoms with Crippen LogP contribution in [0.3, 0.4) is 0 Å². The number of benzene rings is 2. The second-order valence-electron chi connectivity index (χ2n) is 5.73. The van der Waals surface area contributed by atoms with E-state index in [1.54, 1.807) is 37.4 Å². The first kappa shape index (κ1) is 19.2. The Hall–Kier alpha value is -2.08. The largest absolute Gasteiger partial charge is 0.347 e. The molecule has 0 radical (unpaired) electrons. The van der Waals surface area contributed by atoms with Crippen molar-refractivity contribution in [1.82, 2.24) is 5.32 Å². The van der Waals surface area contributed by atoms with Crippen LogP contribution in [0.4, 0.5) is 5.69 Å². The van der Waals surface area contributed by atoms with Gasteiger partial charge in [0.15, 0.2) is 13.1 Å². The number of amides is 2. The van der Waals surface area contributed by atoms with Crippen molar-refractivity contribution in [3.8, 4) is 0 Å². The second-order valence-corrected chi connectivity index (χ2v) is 6.58. The molecule has 0 aliphatic carbocycles. The van der Waals surface area contributed by atoms with Crippen LogP contribution in [0.25, 0.3) is 0 Å². The molecular weight excluding hydrogens is 361 g/mol. The van der Waals surface area contributed by atoms with Crippen molar-refractivity contribution >= 4 is 40.7 Å². The fourth-order valence-electron chi connectivity index (χ4n) is 2.25. The summed E-state index contributed by atoms with van der Waals surface area (Å²) in [5, 5.41) is 6.80. The molecular formula is C18H20Cl2N3O2+. The minimum Gasteiger partial charge on any atom is -0.347 e. The monoisotopic (exact) mass is 380 g/mol. The Morgan fingerprint density at radius 2 is 1.60 bits per heavy atom. The lowest BCUT2D eigenvalue weighted by atomic mass is 10.2. The highest BCUT2D eigenvalue weighted by Gasteiger charge is 2.14. The van der Waals surface area contributed by atoms with Gasteiger partial charge in [0.2, 0.25) is 0 Å². The average molecular weight is 381 g/mol. The van der Waals surface area contributed by atoms with Crippen molar-refractivity contribution in [1.29, 1.82) is 0 Å². The van der Waals surface area contributed by atoms with Crippen molar-refractivity contribution in [3.05, 3.63) is 64.1 Å². The van der Waals surface area contributed by atoms with Crippen molar-refractivity contribution in [3.63, 3.8) is 0 Å². The van der Waals surface area contributed by atoms with Crippen molar-refractivity contribution in [2.45, 2.75) is 6.54 Å². The summed E-state index contributed by atoms with van der Waals surface area (Å²) in [5.41, 5.74) is 1.53. The zero-order valence-electron chi connectivity index (χ0n) is 13.8. The molecule has 7 heteroatoms. The van der Waals surface area contributed by atoms with Crippen LogP contribution in [0.5, 0.6) is 0 Å². The van der Waals surface area contributed by atoms with Crippen LogP contribution in [0.15, 0.2) is 48.5 Å². The molecule has 1 atom stereocenters. The summed E-state index contributed by atoms with van der Waals surface area (Å²) in [4.78, 5) is 24.8. The molecule has 0 saturated heterocycles. The fourth-order valence-corrected chi connectivity index (χ4v) is 2.58. The van der Waals surface area contributed by atoms with Crippen molar-refractivity contribution in [2.75, 3.05) is 25.5 Å². The average Bonchev–Trinajstić information content (AvgIpc) is 2.56. The van der Waals surface area contributed by atoms with Crippen LogP contribution >= 0.6 is 23.2 Å². The maximum absolute atomic E-state index is 12.0. The summed E-state index contributed by atoms with van der Waals surface area (Å²) in [6.45, 7) is 0.739. The molecule has 1 unspecified atom stereocenters. The Bertz CT molecular complexity index is 735. The summed E-state index contributed by atoms with van der Waals surface area (Å²) in [7, 11) is 1.79. The molecule has 2 rings (SSSR count). The van der Waals surface area contributed by atoms with E-state index in [1.165, 1.54) is 0 Å². The van der Waals surface area contributed by atoms with Gasteiger partial charge in [0, 0.05) is 22.3 Å². The number of quaternary nitrogens is 1. The third-order valence-corrected chi connectivity index (χ3v) is 4.11. The number of likely N-dealkylation sites (N-methyl/N-ethyl adjacent to an activating group) is 1. The van der Waals surface area contributed by atoms with Gasteiger partial charge in [-0.1, -0.05) is 41.4 Å². The van der Waals surface area contributed by atoms with Crippen LogP contribution in [0.1, 0.15) is 5.56 Å². The van der Waals surface area contributed by atoms with E-state index in [2.05, 4.69) is 10.6 Å².